The van der Waals surface area contributed by atoms with Gasteiger partial charge in [-0.05, 0) is 54.7 Å². The Morgan fingerprint density at radius 3 is 2.30 bits per heavy atom. The van der Waals surface area contributed by atoms with Gasteiger partial charge >= 0.3 is 5.97 Å². The maximum Gasteiger partial charge on any atom is 0.338 e. The lowest BCUT2D eigenvalue weighted by Gasteiger charge is -2.19. The Bertz CT molecular complexity index is 804. The number of ether oxygens (including phenoxy) is 2. The minimum Gasteiger partial charge on any atom is -0.484 e. The number of carbonyl (C=O) groups is 2. The number of rotatable bonds is 6. The predicted octanol–water partition coefficient (Wildman–Crippen LogP) is 4.49. The van der Waals surface area contributed by atoms with Crippen molar-refractivity contribution in [3.8, 4) is 5.75 Å². The van der Waals surface area contributed by atoms with Gasteiger partial charge in [0.25, 0.3) is 5.91 Å². The molecule has 5 nitrogen and oxygen atoms in total. The average molecular weight is 369 g/mol. The van der Waals surface area contributed by atoms with Crippen LogP contribution >= 0.6 is 0 Å². The summed E-state index contributed by atoms with van der Waals surface area (Å²) in [5.74, 6) is -0.0719. The van der Waals surface area contributed by atoms with Crippen molar-refractivity contribution < 1.29 is 19.1 Å². The summed E-state index contributed by atoms with van der Waals surface area (Å²) in [6.45, 7) is 10.2. The third-order valence-electron chi connectivity index (χ3n) is 4.11. The first kappa shape index (κ1) is 20.5. The monoisotopic (exact) mass is 369 g/mol. The van der Waals surface area contributed by atoms with Gasteiger partial charge in [-0.15, -0.1) is 0 Å². The molecule has 0 fully saturated rings. The largest absolute Gasteiger partial charge is 0.484 e. The van der Waals surface area contributed by atoms with E-state index in [1.807, 2.05) is 31.2 Å². The molecule has 2 aromatic rings. The van der Waals surface area contributed by atoms with E-state index in [0.717, 1.165) is 5.56 Å². The smallest absolute Gasteiger partial charge is 0.338 e. The van der Waals surface area contributed by atoms with E-state index in [-0.39, 0.29) is 17.9 Å². The van der Waals surface area contributed by atoms with Crippen LogP contribution in [-0.4, -0.2) is 25.1 Å². The van der Waals surface area contributed by atoms with Crippen molar-refractivity contribution in [2.24, 2.45) is 0 Å². The second kappa shape index (κ2) is 8.71. The highest BCUT2D eigenvalue weighted by Crippen LogP contribution is 2.24. The van der Waals surface area contributed by atoms with Gasteiger partial charge in [-0.2, -0.15) is 0 Å². The zero-order valence-corrected chi connectivity index (χ0v) is 16.6. The van der Waals surface area contributed by atoms with Gasteiger partial charge in [-0.3, -0.25) is 4.79 Å². The molecule has 0 spiro atoms. The van der Waals surface area contributed by atoms with Crippen molar-refractivity contribution in [1.82, 2.24) is 0 Å². The van der Waals surface area contributed by atoms with E-state index < -0.39 is 5.97 Å². The molecule has 0 saturated heterocycles. The molecular formula is C22H27NO4. The first-order valence-corrected chi connectivity index (χ1v) is 9.01. The van der Waals surface area contributed by atoms with Crippen LogP contribution in [0.2, 0.25) is 0 Å². The number of amides is 1. The summed E-state index contributed by atoms with van der Waals surface area (Å²) in [4.78, 5) is 24.1. The molecule has 0 radical (unpaired) electrons. The Morgan fingerprint density at radius 1 is 1.04 bits per heavy atom. The Labute approximate surface area is 160 Å². The van der Waals surface area contributed by atoms with Crippen molar-refractivity contribution in [2.75, 3.05) is 18.5 Å². The van der Waals surface area contributed by atoms with Crippen LogP contribution < -0.4 is 10.1 Å². The molecule has 1 N–H and O–H groups in total. The number of nitrogens with one attached hydrogen (secondary N) is 1. The number of carbonyl (C=O) groups excluding carboxylic acids is 2. The van der Waals surface area contributed by atoms with Gasteiger partial charge in [-0.25, -0.2) is 4.79 Å². The van der Waals surface area contributed by atoms with Gasteiger partial charge in [0, 0.05) is 5.69 Å². The van der Waals surface area contributed by atoms with Crippen LogP contribution in [-0.2, 0) is 14.9 Å². The Hall–Kier alpha value is -2.82. The summed E-state index contributed by atoms with van der Waals surface area (Å²) in [6.07, 6.45) is 0. The standard InChI is InChI=1S/C22H27NO4/c1-6-26-21(25)16-8-7-15(2)19(13-16)23-20(24)14-27-18-11-9-17(10-12-18)22(3,4)5/h7-13H,6,14H2,1-5H3,(H,23,24). The molecule has 2 rings (SSSR count). The summed E-state index contributed by atoms with van der Waals surface area (Å²) in [7, 11) is 0. The molecule has 2 aromatic carbocycles. The molecule has 1 amide bonds. The summed E-state index contributed by atoms with van der Waals surface area (Å²) >= 11 is 0. The summed E-state index contributed by atoms with van der Waals surface area (Å²) < 4.78 is 10.6. The van der Waals surface area contributed by atoms with Gasteiger partial charge in [-0.1, -0.05) is 39.0 Å². The Morgan fingerprint density at radius 2 is 1.70 bits per heavy atom. The highest BCUT2D eigenvalue weighted by atomic mass is 16.5. The molecule has 5 heteroatoms. The zero-order valence-electron chi connectivity index (χ0n) is 16.6. The molecule has 0 aliphatic heterocycles. The third-order valence-corrected chi connectivity index (χ3v) is 4.11. The lowest BCUT2D eigenvalue weighted by Crippen LogP contribution is -2.21. The number of aryl methyl sites for hydroxylation is 1. The van der Waals surface area contributed by atoms with Gasteiger partial charge < -0.3 is 14.8 Å². The van der Waals surface area contributed by atoms with Crippen molar-refractivity contribution in [3.63, 3.8) is 0 Å². The quantitative estimate of drug-likeness (QED) is 0.762. The highest BCUT2D eigenvalue weighted by Gasteiger charge is 2.14. The minimum absolute atomic E-state index is 0.0668. The highest BCUT2D eigenvalue weighted by molar-refractivity contribution is 5.95. The van der Waals surface area contributed by atoms with Crippen LogP contribution in [0.3, 0.4) is 0 Å². The molecular weight excluding hydrogens is 342 g/mol. The molecule has 0 aromatic heterocycles. The number of anilines is 1. The van der Waals surface area contributed by atoms with E-state index in [1.54, 1.807) is 25.1 Å². The van der Waals surface area contributed by atoms with E-state index in [0.29, 0.717) is 23.6 Å². The minimum atomic E-state index is -0.414. The number of benzene rings is 2. The molecule has 0 aliphatic rings. The van der Waals surface area contributed by atoms with Crippen LogP contribution in [0, 0.1) is 6.92 Å². The van der Waals surface area contributed by atoms with Gasteiger partial charge in [0.1, 0.15) is 5.75 Å². The Kier molecular flexibility index (Phi) is 6.61. The fraction of sp³-hybridized carbons (Fsp3) is 0.364. The molecule has 0 heterocycles. The number of hydrogen-bond donors (Lipinski definition) is 1. The maximum atomic E-state index is 12.2. The molecule has 0 atom stereocenters. The van der Waals surface area contributed by atoms with Crippen molar-refractivity contribution in [2.45, 2.75) is 40.0 Å². The summed E-state index contributed by atoms with van der Waals surface area (Å²) in [5.41, 5.74) is 3.09. The van der Waals surface area contributed by atoms with Gasteiger partial charge in [0.15, 0.2) is 6.61 Å². The van der Waals surface area contributed by atoms with Crippen LogP contribution in [0.1, 0.15) is 49.2 Å². The fourth-order valence-corrected chi connectivity index (χ4v) is 2.48. The summed E-state index contributed by atoms with van der Waals surface area (Å²) in [5, 5.41) is 2.78. The number of esters is 1. The van der Waals surface area contributed by atoms with Crippen molar-refractivity contribution in [1.29, 1.82) is 0 Å². The number of hydrogen-bond acceptors (Lipinski definition) is 4. The van der Waals surface area contributed by atoms with E-state index in [1.165, 1.54) is 5.56 Å². The SMILES string of the molecule is CCOC(=O)c1ccc(C)c(NC(=O)COc2ccc(C(C)(C)C)cc2)c1. The molecule has 144 valence electrons. The molecule has 0 aliphatic carbocycles. The second-order valence-corrected chi connectivity index (χ2v) is 7.36. The van der Waals surface area contributed by atoms with Gasteiger partial charge in [0.2, 0.25) is 0 Å². The molecule has 0 bridgehead atoms. The van der Waals surface area contributed by atoms with Crippen molar-refractivity contribution >= 4 is 17.6 Å². The molecule has 0 unspecified atom stereocenters. The van der Waals surface area contributed by atoms with Gasteiger partial charge in [0.05, 0.1) is 12.2 Å². The lowest BCUT2D eigenvalue weighted by atomic mass is 9.87. The summed E-state index contributed by atoms with van der Waals surface area (Å²) in [6, 6.07) is 12.8. The predicted molar refractivity (Wildman–Crippen MR) is 106 cm³/mol. The second-order valence-electron chi connectivity index (χ2n) is 7.36. The van der Waals surface area contributed by atoms with E-state index in [4.69, 9.17) is 9.47 Å². The topological polar surface area (TPSA) is 64.6 Å². The van der Waals surface area contributed by atoms with Crippen molar-refractivity contribution in [3.05, 3.63) is 59.2 Å². The zero-order chi connectivity index (χ0) is 20.0. The van der Waals surface area contributed by atoms with E-state index >= 15 is 0 Å². The van der Waals surface area contributed by atoms with E-state index in [9.17, 15) is 9.59 Å². The molecule has 27 heavy (non-hydrogen) atoms. The lowest BCUT2D eigenvalue weighted by molar-refractivity contribution is -0.118. The van der Waals surface area contributed by atoms with Crippen LogP contribution in [0.4, 0.5) is 5.69 Å². The third kappa shape index (κ3) is 5.84. The van der Waals surface area contributed by atoms with Crippen LogP contribution in [0.25, 0.3) is 0 Å². The first-order valence-electron chi connectivity index (χ1n) is 9.01. The first-order chi connectivity index (χ1) is 12.7. The normalized spacial score (nSPS) is 11.0. The molecule has 0 saturated carbocycles. The van der Waals surface area contributed by atoms with Crippen LogP contribution in [0.5, 0.6) is 5.75 Å². The average Bonchev–Trinajstić information content (AvgIpc) is 2.61. The maximum absolute atomic E-state index is 12.2. The van der Waals surface area contributed by atoms with Crippen LogP contribution in [0.15, 0.2) is 42.5 Å². The fourth-order valence-electron chi connectivity index (χ4n) is 2.48. The van der Waals surface area contributed by atoms with E-state index in [2.05, 4.69) is 26.1 Å². The Balaban J connectivity index is 1.97.